The topological polar surface area (TPSA) is 101 Å². The van der Waals surface area contributed by atoms with Gasteiger partial charge in [-0.15, -0.1) is 11.3 Å². The average molecular weight is 388 g/mol. The zero-order valence-corrected chi connectivity index (χ0v) is 15.8. The number of thiophene rings is 1. The van der Waals surface area contributed by atoms with E-state index in [2.05, 4.69) is 15.3 Å². The van der Waals surface area contributed by atoms with Crippen LogP contribution in [-0.2, 0) is 0 Å². The van der Waals surface area contributed by atoms with Crippen LogP contribution in [0.5, 0.6) is 5.75 Å². The monoisotopic (exact) mass is 388 g/mol. The number of carbonyl (C=O) groups is 1. The van der Waals surface area contributed by atoms with Crippen molar-refractivity contribution >= 4 is 39.0 Å². The lowest BCUT2D eigenvalue weighted by Gasteiger charge is -2.09. The average Bonchev–Trinajstić information content (AvgIpc) is 3.30. The highest BCUT2D eigenvalue weighted by Crippen LogP contribution is 2.35. The molecule has 4 rings (SSSR count). The second kappa shape index (κ2) is 8.30. The molecule has 0 unspecified atom stereocenters. The van der Waals surface area contributed by atoms with Crippen molar-refractivity contribution in [1.82, 2.24) is 9.97 Å². The van der Waals surface area contributed by atoms with Crippen molar-refractivity contribution in [3.63, 3.8) is 0 Å². The Hall–Kier alpha value is -2.74. The maximum absolute atomic E-state index is 13.0. The molecule has 0 bridgehead atoms. The number of anilines is 2. The maximum atomic E-state index is 13.0. The fourth-order valence-corrected chi connectivity index (χ4v) is 4.02. The van der Waals surface area contributed by atoms with Gasteiger partial charge in [-0.25, -0.2) is 14.4 Å². The minimum Gasteiger partial charge on any atom is -0.506 e. The number of nitrogens with zero attached hydrogens (tertiary/aromatic N) is 2. The minimum absolute atomic E-state index is 0.241. The highest BCUT2D eigenvalue weighted by molar-refractivity contribution is 7.20. The molecule has 27 heavy (non-hydrogen) atoms. The van der Waals surface area contributed by atoms with Gasteiger partial charge in [0.2, 0.25) is 0 Å². The van der Waals surface area contributed by atoms with Gasteiger partial charge in [0.25, 0.3) is 5.91 Å². The quantitative estimate of drug-likeness (QED) is 0.568. The summed E-state index contributed by atoms with van der Waals surface area (Å²) in [6.07, 6.45) is 8.84. The number of carbonyl (C=O) groups excluding carboxylic acids is 1. The molecule has 2 heterocycles. The molecule has 0 saturated heterocycles. The molecule has 0 aliphatic heterocycles. The van der Waals surface area contributed by atoms with Gasteiger partial charge in [0, 0.05) is 6.07 Å². The first kappa shape index (κ1) is 19.0. The van der Waals surface area contributed by atoms with Crippen LogP contribution in [0.3, 0.4) is 0 Å². The summed E-state index contributed by atoms with van der Waals surface area (Å²) in [6.45, 7) is 1.75. The van der Waals surface area contributed by atoms with Crippen LogP contribution < -0.4 is 11.1 Å². The number of phenols is 1. The second-order valence-corrected chi connectivity index (χ2v) is 7.38. The number of phenolic OH excluding ortho intramolecular Hbond substituents is 1. The third-order valence-corrected chi connectivity index (χ3v) is 5.63. The van der Waals surface area contributed by atoms with Crippen molar-refractivity contribution in [3.8, 4) is 5.75 Å². The van der Waals surface area contributed by atoms with E-state index in [9.17, 15) is 14.3 Å². The molecule has 0 radical (unpaired) electrons. The molecule has 1 aromatic carbocycles. The highest BCUT2D eigenvalue weighted by atomic mass is 32.1. The molecule has 1 aliphatic rings. The molecule has 0 spiro atoms. The Morgan fingerprint density at radius 1 is 1.22 bits per heavy atom. The Morgan fingerprint density at radius 2 is 1.89 bits per heavy atom. The van der Waals surface area contributed by atoms with Gasteiger partial charge in [-0.1, -0.05) is 32.1 Å². The summed E-state index contributed by atoms with van der Waals surface area (Å²) in [5.74, 6) is -0.905. The molecular formula is C19H21FN4O2S. The van der Waals surface area contributed by atoms with Gasteiger partial charge >= 0.3 is 0 Å². The van der Waals surface area contributed by atoms with E-state index >= 15 is 0 Å². The SMILES string of the molecule is C1CCCC1.Cc1c(C(N)=O)sc2ncnc(Nc3ccc(F)cc3O)c12. The van der Waals surface area contributed by atoms with E-state index in [0.29, 0.717) is 32.2 Å². The first-order chi connectivity index (χ1) is 13.0. The van der Waals surface area contributed by atoms with Gasteiger partial charge in [0.05, 0.1) is 16.0 Å². The number of halogens is 1. The molecule has 4 N–H and O–H groups in total. The van der Waals surface area contributed by atoms with E-state index < -0.39 is 11.7 Å². The van der Waals surface area contributed by atoms with Gasteiger partial charge in [0.15, 0.2) is 0 Å². The highest BCUT2D eigenvalue weighted by Gasteiger charge is 2.18. The largest absolute Gasteiger partial charge is 0.506 e. The van der Waals surface area contributed by atoms with Crippen LogP contribution in [0.1, 0.15) is 47.3 Å². The number of hydrogen-bond donors (Lipinski definition) is 3. The lowest BCUT2D eigenvalue weighted by atomic mass is 10.2. The van der Waals surface area contributed by atoms with Crippen LogP contribution in [0, 0.1) is 12.7 Å². The molecule has 6 nitrogen and oxygen atoms in total. The second-order valence-electron chi connectivity index (χ2n) is 6.38. The molecule has 8 heteroatoms. The van der Waals surface area contributed by atoms with Crippen LogP contribution >= 0.6 is 11.3 Å². The fraction of sp³-hybridized carbons (Fsp3) is 0.316. The summed E-state index contributed by atoms with van der Waals surface area (Å²) < 4.78 is 13.0. The van der Waals surface area contributed by atoms with E-state index in [0.717, 1.165) is 6.07 Å². The molecule has 2 aromatic heterocycles. The third-order valence-electron chi connectivity index (χ3n) is 4.41. The summed E-state index contributed by atoms with van der Waals surface area (Å²) in [4.78, 5) is 20.7. The van der Waals surface area contributed by atoms with Crippen molar-refractivity contribution in [2.75, 3.05) is 5.32 Å². The summed E-state index contributed by atoms with van der Waals surface area (Å²) in [5.41, 5.74) is 6.31. The van der Waals surface area contributed by atoms with Crippen molar-refractivity contribution in [2.45, 2.75) is 39.0 Å². The number of nitrogens with two attached hydrogens (primary N) is 1. The van der Waals surface area contributed by atoms with Gasteiger partial charge in [0.1, 0.15) is 28.5 Å². The number of aromatic nitrogens is 2. The summed E-state index contributed by atoms with van der Waals surface area (Å²) in [6, 6.07) is 3.61. The predicted octanol–water partition coefficient (Wildman–Crippen LogP) is 4.64. The number of rotatable bonds is 3. The van der Waals surface area contributed by atoms with Gasteiger partial charge < -0.3 is 16.2 Å². The first-order valence-electron chi connectivity index (χ1n) is 8.77. The molecule has 0 atom stereocenters. The standard InChI is InChI=1S/C14H11FN4O2S.C5H10/c1-6-10-13(19-8-3-2-7(15)4-9(8)20)17-5-18-14(10)22-11(6)12(16)21;1-2-4-5-3-1/h2-5,20H,1H3,(H2,16,21)(H,17,18,19);1-5H2. The Kier molecular flexibility index (Phi) is 5.85. The van der Waals surface area contributed by atoms with Crippen molar-refractivity contribution < 1.29 is 14.3 Å². The maximum Gasteiger partial charge on any atom is 0.259 e. The Balaban J connectivity index is 0.000000364. The molecule has 1 fully saturated rings. The Bertz CT molecular complexity index is 962. The fourth-order valence-electron chi connectivity index (χ4n) is 3.02. The molecule has 1 aliphatic carbocycles. The number of aromatic hydroxyl groups is 1. The number of benzene rings is 1. The van der Waals surface area contributed by atoms with Crippen LogP contribution in [-0.4, -0.2) is 21.0 Å². The minimum atomic E-state index is -0.543. The first-order valence-corrected chi connectivity index (χ1v) is 9.58. The lowest BCUT2D eigenvalue weighted by Crippen LogP contribution is -2.09. The van der Waals surface area contributed by atoms with E-state index in [1.54, 1.807) is 6.92 Å². The van der Waals surface area contributed by atoms with Crippen molar-refractivity contribution in [1.29, 1.82) is 0 Å². The van der Waals surface area contributed by atoms with Crippen LogP contribution in [0.15, 0.2) is 24.5 Å². The van der Waals surface area contributed by atoms with Crippen molar-refractivity contribution in [3.05, 3.63) is 40.8 Å². The number of hydrogen-bond acceptors (Lipinski definition) is 6. The van der Waals surface area contributed by atoms with E-state index in [1.807, 2.05) is 0 Å². The van der Waals surface area contributed by atoms with Crippen LogP contribution in [0.25, 0.3) is 10.2 Å². The van der Waals surface area contributed by atoms with E-state index in [4.69, 9.17) is 5.73 Å². The van der Waals surface area contributed by atoms with Gasteiger partial charge in [-0.05, 0) is 24.6 Å². The molecule has 1 amide bonds. The number of primary amides is 1. The normalized spacial score (nSPS) is 13.3. The number of fused-ring (bicyclic) bond motifs is 1. The number of amides is 1. The van der Waals surface area contributed by atoms with Gasteiger partial charge in [-0.3, -0.25) is 4.79 Å². The molecular weight excluding hydrogens is 367 g/mol. The van der Waals surface area contributed by atoms with E-state index in [1.165, 1.54) is 61.9 Å². The molecule has 142 valence electrons. The predicted molar refractivity (Wildman–Crippen MR) is 105 cm³/mol. The summed E-state index contributed by atoms with van der Waals surface area (Å²) >= 11 is 1.18. The smallest absolute Gasteiger partial charge is 0.259 e. The molecule has 1 saturated carbocycles. The van der Waals surface area contributed by atoms with E-state index in [-0.39, 0.29) is 5.75 Å². The third kappa shape index (κ3) is 4.33. The number of nitrogens with one attached hydrogen (secondary N) is 1. The summed E-state index contributed by atoms with van der Waals surface area (Å²) in [7, 11) is 0. The number of aryl methyl sites for hydroxylation is 1. The van der Waals surface area contributed by atoms with Gasteiger partial charge in [-0.2, -0.15) is 0 Å². The Labute approximate surface area is 160 Å². The molecule has 3 aromatic rings. The van der Waals surface area contributed by atoms with Crippen LogP contribution in [0.4, 0.5) is 15.9 Å². The summed E-state index contributed by atoms with van der Waals surface area (Å²) in [5, 5.41) is 13.3. The van der Waals surface area contributed by atoms with Crippen molar-refractivity contribution in [2.24, 2.45) is 5.73 Å². The van der Waals surface area contributed by atoms with Crippen LogP contribution in [0.2, 0.25) is 0 Å². The Morgan fingerprint density at radius 3 is 2.48 bits per heavy atom. The zero-order valence-electron chi connectivity index (χ0n) is 15.0. The zero-order chi connectivity index (χ0) is 19.4. The lowest BCUT2D eigenvalue weighted by molar-refractivity contribution is 0.100.